The molecule has 8 aromatic rings. The summed E-state index contributed by atoms with van der Waals surface area (Å²) < 4.78 is 1.42. The number of hydrogen-bond acceptors (Lipinski definition) is 3. The van der Waals surface area contributed by atoms with E-state index in [1.54, 1.807) is 11.1 Å². The van der Waals surface area contributed by atoms with Gasteiger partial charge in [-0.2, -0.15) is 0 Å². The summed E-state index contributed by atoms with van der Waals surface area (Å²) in [5, 5.41) is 2.83. The van der Waals surface area contributed by atoms with Gasteiger partial charge in [-0.3, -0.25) is 0 Å². The molecule has 1 aromatic heterocycles. The summed E-state index contributed by atoms with van der Waals surface area (Å²) in [7, 11) is 0. The SMILES string of the molecule is CC1(C)CCC(C)(C)c2cc(N3c4cc5c(cc4B4c6c3cc(-c3cc7c(cc3-c3ccccc3)C(C)(C)CCC7(C)C)cc6N(c3ccc6c(c3)C(C)(C)CCC6(C)C)c3sc6cc7c(cc6c34)C(C)(C)CCC7(C)C)C(C)(C)CCC5(C)C)ccc21. The van der Waals surface area contributed by atoms with Gasteiger partial charge in [0.15, 0.2) is 0 Å². The summed E-state index contributed by atoms with van der Waals surface area (Å²) >= 11 is 2.07. The number of thiophene rings is 1. The van der Waals surface area contributed by atoms with E-state index in [-0.39, 0.29) is 60.9 Å². The fourth-order valence-corrected chi connectivity index (χ4v) is 19.8. The Bertz CT molecular complexity index is 4300. The number of nitrogens with zero attached hydrogens (tertiary/aromatic N) is 2. The Hall–Kier alpha value is -5.84. The monoisotopic (exact) mass is 1180 g/mol. The fraction of sp³-hybridized carbons (Fsp3) is 0.476. The maximum atomic E-state index is 2.83. The van der Waals surface area contributed by atoms with Crippen LogP contribution in [0.15, 0.2) is 115 Å². The molecule has 0 spiro atoms. The molecule has 0 unspecified atom stereocenters. The third-order valence-electron chi connectivity index (χ3n) is 25.2. The molecule has 88 heavy (non-hydrogen) atoms. The van der Waals surface area contributed by atoms with E-state index >= 15 is 0 Å². The Morgan fingerprint density at radius 2 is 0.670 bits per heavy atom. The van der Waals surface area contributed by atoms with Gasteiger partial charge in [0, 0.05) is 33.1 Å². The van der Waals surface area contributed by atoms with Crippen LogP contribution >= 0.6 is 11.3 Å². The second-order valence-corrected chi connectivity index (χ2v) is 36.8. The lowest BCUT2D eigenvalue weighted by atomic mass is 9.33. The molecule has 0 atom stereocenters. The Morgan fingerprint density at radius 3 is 1.14 bits per heavy atom. The summed E-state index contributed by atoms with van der Waals surface area (Å²) in [5.41, 5.74) is 31.7. The topological polar surface area (TPSA) is 6.48 Å². The van der Waals surface area contributed by atoms with Crippen LogP contribution in [0.4, 0.5) is 33.4 Å². The molecule has 5 aliphatic carbocycles. The second-order valence-electron chi connectivity index (χ2n) is 35.8. The molecule has 0 saturated carbocycles. The molecule has 2 nitrogen and oxygen atoms in total. The van der Waals surface area contributed by atoms with Gasteiger partial charge in [-0.1, -0.05) is 187 Å². The van der Waals surface area contributed by atoms with Gasteiger partial charge in [0.1, 0.15) is 0 Å². The molecular formula is C84H99BN2S. The Balaban J connectivity index is 1.14. The van der Waals surface area contributed by atoms with Crippen molar-refractivity contribution in [1.29, 1.82) is 0 Å². The van der Waals surface area contributed by atoms with Crippen molar-refractivity contribution in [2.75, 3.05) is 9.80 Å². The molecule has 3 heterocycles. The van der Waals surface area contributed by atoms with Crippen LogP contribution in [0.3, 0.4) is 0 Å². The van der Waals surface area contributed by atoms with Crippen LogP contribution < -0.4 is 26.2 Å². The largest absolute Gasteiger partial charge is 0.311 e. The minimum Gasteiger partial charge on any atom is -0.311 e. The predicted molar refractivity (Wildman–Crippen MR) is 383 cm³/mol. The lowest BCUT2D eigenvalue weighted by Crippen LogP contribution is -2.61. The van der Waals surface area contributed by atoms with E-state index in [1.807, 2.05) is 0 Å². The lowest BCUT2D eigenvalue weighted by Gasteiger charge is -2.48. The smallest absolute Gasteiger partial charge is 0.254 e. The van der Waals surface area contributed by atoms with Crippen LogP contribution in [0, 0.1) is 0 Å². The van der Waals surface area contributed by atoms with Gasteiger partial charge in [-0.15, -0.1) is 11.3 Å². The van der Waals surface area contributed by atoms with Crippen LogP contribution in [0.25, 0.3) is 32.3 Å². The highest BCUT2D eigenvalue weighted by Crippen LogP contribution is 2.58. The van der Waals surface area contributed by atoms with E-state index in [9.17, 15) is 0 Å². The highest BCUT2D eigenvalue weighted by Gasteiger charge is 2.51. The standard InChI is InChI=1S/C84H99BN2S/c1-75(2)30-32-77(5,6)59-42-52(26-28-57(59)75)86-68-48-65-64(82(15,16)37-38-83(65,17)18)47-67(68)85-72-56-46-63-66(84(19,20)39-36-81(63,13)14)49-71(56)88-74(72)87(53-27-29-58-60(43-53)78(7,8)33-31-76(58,3)4)70-41-51(40-69(86)73(70)85)55-45-62-61(79(9,10)34-35-80(62,11)12)44-54(55)50-24-22-21-23-25-50/h21-29,40-49H,30-39H2,1-20H3. The maximum absolute atomic E-state index is 2.83. The quantitative estimate of drug-likeness (QED) is 0.162. The van der Waals surface area contributed by atoms with Crippen molar-refractivity contribution in [3.63, 3.8) is 0 Å². The van der Waals surface area contributed by atoms with Crippen LogP contribution in [0.1, 0.15) is 258 Å². The van der Waals surface area contributed by atoms with Gasteiger partial charge < -0.3 is 9.80 Å². The van der Waals surface area contributed by atoms with Gasteiger partial charge in [0.05, 0.1) is 5.00 Å². The first-order valence-corrected chi connectivity index (χ1v) is 35.0. The number of hydrogen-bond donors (Lipinski definition) is 0. The molecule has 0 saturated heterocycles. The molecule has 0 N–H and O–H groups in total. The van der Waals surface area contributed by atoms with E-state index in [1.165, 1.54) is 178 Å². The van der Waals surface area contributed by atoms with Gasteiger partial charge in [-0.05, 0) is 285 Å². The molecule has 0 bridgehead atoms. The first-order valence-electron chi connectivity index (χ1n) is 34.2. The molecule has 7 aromatic carbocycles. The minimum absolute atomic E-state index is 0.00481. The molecule has 4 heteroatoms. The molecule has 7 aliphatic rings. The molecular weight excluding hydrogens is 1080 g/mol. The van der Waals surface area contributed by atoms with Crippen LogP contribution in [-0.4, -0.2) is 6.71 Å². The summed E-state index contributed by atoms with van der Waals surface area (Å²) in [4.78, 5) is 5.65. The van der Waals surface area contributed by atoms with E-state index in [0.717, 1.165) is 12.8 Å². The normalized spacial score (nSPS) is 22.5. The Labute approximate surface area is 534 Å². The maximum Gasteiger partial charge on any atom is 0.254 e. The van der Waals surface area contributed by atoms with Crippen LogP contribution in [-0.2, 0) is 54.1 Å². The van der Waals surface area contributed by atoms with Crippen LogP contribution in [0.2, 0.25) is 0 Å². The Morgan fingerprint density at radius 1 is 0.307 bits per heavy atom. The average Bonchev–Trinajstić information content (AvgIpc) is 1.22. The van der Waals surface area contributed by atoms with Crippen molar-refractivity contribution in [3.05, 3.63) is 171 Å². The van der Waals surface area contributed by atoms with Crippen molar-refractivity contribution < 1.29 is 0 Å². The second kappa shape index (κ2) is 18.4. The van der Waals surface area contributed by atoms with Crippen molar-refractivity contribution >= 4 is 78.0 Å². The van der Waals surface area contributed by atoms with E-state index in [2.05, 4.69) is 275 Å². The van der Waals surface area contributed by atoms with Crippen molar-refractivity contribution in [1.82, 2.24) is 0 Å². The van der Waals surface area contributed by atoms with Crippen molar-refractivity contribution in [2.45, 2.75) is 257 Å². The molecule has 0 fully saturated rings. The number of benzene rings is 7. The van der Waals surface area contributed by atoms with Crippen molar-refractivity contribution in [3.8, 4) is 22.3 Å². The molecule has 15 rings (SSSR count). The van der Waals surface area contributed by atoms with Gasteiger partial charge in [0.2, 0.25) is 0 Å². The molecule has 454 valence electrons. The highest BCUT2D eigenvalue weighted by molar-refractivity contribution is 7.26. The summed E-state index contributed by atoms with van der Waals surface area (Å²) in [6.45, 7) is 50.3. The summed E-state index contributed by atoms with van der Waals surface area (Å²) in [5.74, 6) is 0. The third kappa shape index (κ3) is 8.50. The summed E-state index contributed by atoms with van der Waals surface area (Å²) in [6, 6.07) is 48.6. The number of anilines is 6. The Kier molecular flexibility index (Phi) is 12.3. The zero-order chi connectivity index (χ0) is 62.4. The van der Waals surface area contributed by atoms with Crippen molar-refractivity contribution in [2.24, 2.45) is 0 Å². The zero-order valence-corrected chi connectivity index (χ0v) is 58.2. The summed E-state index contributed by atoms with van der Waals surface area (Å²) in [6.07, 6.45) is 11.7. The van der Waals surface area contributed by atoms with Gasteiger partial charge >= 0.3 is 0 Å². The predicted octanol–water partition coefficient (Wildman–Crippen LogP) is 22.1. The lowest BCUT2D eigenvalue weighted by molar-refractivity contribution is 0.332. The van der Waals surface area contributed by atoms with Gasteiger partial charge in [-0.25, -0.2) is 0 Å². The molecule has 2 aliphatic heterocycles. The fourth-order valence-electron chi connectivity index (χ4n) is 18.5. The van der Waals surface area contributed by atoms with E-state index < -0.39 is 0 Å². The minimum atomic E-state index is -0.0212. The highest BCUT2D eigenvalue weighted by atomic mass is 32.1. The first kappa shape index (κ1) is 58.5. The number of rotatable bonds is 4. The third-order valence-corrected chi connectivity index (χ3v) is 26.4. The van der Waals surface area contributed by atoms with E-state index in [4.69, 9.17) is 0 Å². The zero-order valence-electron chi connectivity index (χ0n) is 57.4. The van der Waals surface area contributed by atoms with E-state index in [0.29, 0.717) is 0 Å². The first-order chi connectivity index (χ1) is 41.0. The number of fused-ring (bicyclic) bond motifs is 11. The molecule has 0 radical (unpaired) electrons. The molecule has 0 amide bonds. The van der Waals surface area contributed by atoms with Crippen LogP contribution in [0.5, 0.6) is 0 Å². The average molecular weight is 1180 g/mol. The van der Waals surface area contributed by atoms with Gasteiger partial charge in [0.25, 0.3) is 6.71 Å².